The fraction of sp³-hybridized carbons (Fsp3) is 0.250. The summed E-state index contributed by atoms with van der Waals surface area (Å²) in [5, 5.41) is 2.91. The van der Waals surface area contributed by atoms with Crippen molar-refractivity contribution >= 4 is 22.8 Å². The minimum Gasteiger partial charge on any atom is -0.484 e. The van der Waals surface area contributed by atoms with Crippen LogP contribution in [0.4, 0.5) is 0 Å². The predicted octanol–water partition coefficient (Wildman–Crippen LogP) is 2.41. The molecule has 0 bridgehead atoms. The number of para-hydroxylation sites is 2. The largest absolute Gasteiger partial charge is 0.484 e. The molecule has 0 spiro atoms. The summed E-state index contributed by atoms with van der Waals surface area (Å²) in [5.41, 5.74) is 7.53. The van der Waals surface area contributed by atoms with Crippen LogP contribution in [0, 0.1) is 0 Å². The number of aryl methyl sites for hydroxylation is 1. The van der Waals surface area contributed by atoms with Gasteiger partial charge in [0.25, 0.3) is 5.91 Å². The van der Waals surface area contributed by atoms with Gasteiger partial charge in [-0.25, -0.2) is 4.98 Å². The molecular weight excluding hydrogens is 344 g/mol. The topological polar surface area (TPSA) is 99.2 Å². The number of benzene rings is 2. The highest BCUT2D eigenvalue weighted by Gasteiger charge is 2.17. The molecule has 140 valence electrons. The van der Waals surface area contributed by atoms with E-state index in [0.717, 1.165) is 23.4 Å². The summed E-state index contributed by atoms with van der Waals surface area (Å²) in [6, 6.07) is 14.0. The number of carbonyl (C=O) groups excluding carboxylic acids is 2. The van der Waals surface area contributed by atoms with Gasteiger partial charge in [-0.1, -0.05) is 12.1 Å². The Morgan fingerprint density at radius 1 is 1.19 bits per heavy atom. The van der Waals surface area contributed by atoms with Crippen molar-refractivity contribution in [2.24, 2.45) is 5.73 Å². The molecular formula is C20H22N4O3. The first-order valence-electron chi connectivity index (χ1n) is 8.76. The third-order valence-corrected chi connectivity index (χ3v) is 4.27. The highest BCUT2D eigenvalue weighted by atomic mass is 16.5. The van der Waals surface area contributed by atoms with E-state index in [9.17, 15) is 9.59 Å². The number of aromatic nitrogens is 2. The highest BCUT2D eigenvalue weighted by Crippen LogP contribution is 2.20. The lowest BCUT2D eigenvalue weighted by Crippen LogP contribution is -2.32. The smallest absolute Gasteiger partial charge is 0.258 e. The van der Waals surface area contributed by atoms with Gasteiger partial charge in [-0.15, -0.1) is 0 Å². The van der Waals surface area contributed by atoms with Gasteiger partial charge in [0.05, 0.1) is 17.1 Å². The van der Waals surface area contributed by atoms with Crippen molar-refractivity contribution in [2.75, 3.05) is 6.61 Å². The number of nitrogens with zero attached hydrogens (tertiary/aromatic N) is 2. The zero-order valence-electron chi connectivity index (χ0n) is 15.3. The molecule has 0 fully saturated rings. The van der Waals surface area contributed by atoms with Crippen LogP contribution in [0.25, 0.3) is 11.0 Å². The lowest BCUT2D eigenvalue weighted by atomic mass is 10.2. The molecule has 7 heteroatoms. The van der Waals surface area contributed by atoms with Gasteiger partial charge in [-0.3, -0.25) is 9.59 Å². The van der Waals surface area contributed by atoms with E-state index in [2.05, 4.69) is 14.9 Å². The molecule has 1 unspecified atom stereocenters. The standard InChI is InChI=1S/C20H22N4O3/c1-3-24-17-7-5-4-6-16(17)23-20(24)13(2)22-18(25)12-27-15-10-8-14(9-11-15)19(21)26/h4-11,13H,3,12H2,1-2H3,(H2,21,26)(H,22,25). The quantitative estimate of drug-likeness (QED) is 0.671. The number of rotatable bonds is 7. The molecule has 1 aromatic heterocycles. The maximum atomic E-state index is 12.2. The Labute approximate surface area is 157 Å². The van der Waals surface area contributed by atoms with E-state index in [-0.39, 0.29) is 18.6 Å². The number of ether oxygens (including phenoxy) is 1. The molecule has 2 amide bonds. The second kappa shape index (κ2) is 7.90. The van der Waals surface area contributed by atoms with Crippen molar-refractivity contribution in [2.45, 2.75) is 26.4 Å². The number of imidazole rings is 1. The summed E-state index contributed by atoms with van der Waals surface area (Å²) < 4.78 is 7.55. The zero-order chi connectivity index (χ0) is 19.4. The Balaban J connectivity index is 1.63. The summed E-state index contributed by atoms with van der Waals surface area (Å²) in [7, 11) is 0. The average Bonchev–Trinajstić information content (AvgIpc) is 3.05. The molecule has 0 saturated heterocycles. The van der Waals surface area contributed by atoms with Gasteiger partial charge in [-0.2, -0.15) is 0 Å². The van der Waals surface area contributed by atoms with Gasteiger partial charge in [0.1, 0.15) is 11.6 Å². The lowest BCUT2D eigenvalue weighted by Gasteiger charge is -2.15. The molecule has 0 aliphatic carbocycles. The van der Waals surface area contributed by atoms with Crippen LogP contribution in [0.15, 0.2) is 48.5 Å². The molecule has 0 aliphatic heterocycles. The number of primary amides is 1. The van der Waals surface area contributed by atoms with Gasteiger partial charge < -0.3 is 20.4 Å². The van der Waals surface area contributed by atoms with Crippen LogP contribution in [-0.2, 0) is 11.3 Å². The Hall–Kier alpha value is -3.35. The maximum Gasteiger partial charge on any atom is 0.258 e. The third-order valence-electron chi connectivity index (χ3n) is 4.27. The summed E-state index contributed by atoms with van der Waals surface area (Å²) in [6.07, 6.45) is 0. The number of carbonyl (C=O) groups is 2. The number of nitrogens with one attached hydrogen (secondary N) is 1. The highest BCUT2D eigenvalue weighted by molar-refractivity contribution is 5.92. The molecule has 0 radical (unpaired) electrons. The third kappa shape index (κ3) is 4.08. The first-order chi connectivity index (χ1) is 13.0. The Morgan fingerprint density at radius 2 is 1.89 bits per heavy atom. The molecule has 27 heavy (non-hydrogen) atoms. The fourth-order valence-electron chi connectivity index (χ4n) is 2.97. The van der Waals surface area contributed by atoms with E-state index >= 15 is 0 Å². The second-order valence-electron chi connectivity index (χ2n) is 6.17. The van der Waals surface area contributed by atoms with Crippen LogP contribution in [-0.4, -0.2) is 28.0 Å². The predicted molar refractivity (Wildman–Crippen MR) is 102 cm³/mol. The first kappa shape index (κ1) is 18.4. The van der Waals surface area contributed by atoms with Gasteiger partial charge in [0, 0.05) is 12.1 Å². The van der Waals surface area contributed by atoms with E-state index in [0.29, 0.717) is 11.3 Å². The van der Waals surface area contributed by atoms with Crippen LogP contribution >= 0.6 is 0 Å². The molecule has 3 rings (SSSR count). The van der Waals surface area contributed by atoms with Crippen LogP contribution in [0.1, 0.15) is 36.1 Å². The minimum absolute atomic E-state index is 0.132. The van der Waals surface area contributed by atoms with Crippen molar-refractivity contribution in [3.05, 3.63) is 59.9 Å². The van der Waals surface area contributed by atoms with Crippen molar-refractivity contribution < 1.29 is 14.3 Å². The summed E-state index contributed by atoms with van der Waals surface area (Å²) in [6.45, 7) is 4.57. The van der Waals surface area contributed by atoms with Crippen LogP contribution in [0.5, 0.6) is 5.75 Å². The maximum absolute atomic E-state index is 12.2. The molecule has 2 aromatic carbocycles. The van der Waals surface area contributed by atoms with E-state index < -0.39 is 5.91 Å². The van der Waals surface area contributed by atoms with Crippen molar-refractivity contribution in [1.29, 1.82) is 0 Å². The Bertz CT molecular complexity index is 963. The molecule has 3 N–H and O–H groups in total. The first-order valence-corrected chi connectivity index (χ1v) is 8.76. The normalized spacial score (nSPS) is 11.9. The van der Waals surface area contributed by atoms with Gasteiger partial charge in [0.15, 0.2) is 6.61 Å². The fourth-order valence-corrected chi connectivity index (χ4v) is 2.97. The number of nitrogens with two attached hydrogens (primary N) is 1. The lowest BCUT2D eigenvalue weighted by molar-refractivity contribution is -0.123. The summed E-state index contributed by atoms with van der Waals surface area (Å²) >= 11 is 0. The van der Waals surface area contributed by atoms with E-state index in [1.54, 1.807) is 24.3 Å². The molecule has 1 atom stereocenters. The van der Waals surface area contributed by atoms with Crippen molar-refractivity contribution in [3.8, 4) is 5.75 Å². The zero-order valence-corrected chi connectivity index (χ0v) is 15.3. The number of hydrogen-bond acceptors (Lipinski definition) is 4. The molecule has 0 aliphatic rings. The molecule has 1 heterocycles. The number of fused-ring (bicyclic) bond motifs is 1. The molecule has 7 nitrogen and oxygen atoms in total. The monoisotopic (exact) mass is 366 g/mol. The molecule has 0 saturated carbocycles. The van der Waals surface area contributed by atoms with Gasteiger partial charge in [0.2, 0.25) is 5.91 Å². The van der Waals surface area contributed by atoms with E-state index in [1.807, 2.05) is 38.1 Å². The minimum atomic E-state index is -0.507. The van der Waals surface area contributed by atoms with Crippen LogP contribution < -0.4 is 15.8 Å². The van der Waals surface area contributed by atoms with Gasteiger partial charge >= 0.3 is 0 Å². The SMILES string of the molecule is CCn1c(C(C)NC(=O)COc2ccc(C(N)=O)cc2)nc2ccccc21. The van der Waals surface area contributed by atoms with Crippen molar-refractivity contribution in [1.82, 2.24) is 14.9 Å². The van der Waals surface area contributed by atoms with Crippen LogP contribution in [0.2, 0.25) is 0 Å². The summed E-state index contributed by atoms with van der Waals surface area (Å²) in [5.74, 6) is 0.532. The van der Waals surface area contributed by atoms with Crippen LogP contribution in [0.3, 0.4) is 0 Å². The number of amides is 2. The number of hydrogen-bond donors (Lipinski definition) is 2. The Kier molecular flexibility index (Phi) is 5.40. The van der Waals surface area contributed by atoms with Crippen molar-refractivity contribution in [3.63, 3.8) is 0 Å². The van der Waals surface area contributed by atoms with Gasteiger partial charge in [-0.05, 0) is 50.2 Å². The second-order valence-corrected chi connectivity index (χ2v) is 6.17. The summed E-state index contributed by atoms with van der Waals surface area (Å²) in [4.78, 5) is 27.9. The Morgan fingerprint density at radius 3 is 2.56 bits per heavy atom. The average molecular weight is 366 g/mol. The van der Waals surface area contributed by atoms with E-state index in [4.69, 9.17) is 10.5 Å². The molecule has 3 aromatic rings. The van der Waals surface area contributed by atoms with E-state index in [1.165, 1.54) is 0 Å².